The van der Waals surface area contributed by atoms with E-state index in [2.05, 4.69) is 25.4 Å². The smallest absolute Gasteiger partial charge is 0.257 e. The van der Waals surface area contributed by atoms with Gasteiger partial charge >= 0.3 is 0 Å². The number of carbonyl (C=O) groups is 2. The average molecular weight is 706 g/mol. The van der Waals surface area contributed by atoms with Crippen molar-refractivity contribution in [3.8, 4) is 11.6 Å². The summed E-state index contributed by atoms with van der Waals surface area (Å²) in [6.45, 7) is 4.88. The standard InChI is InChI=1S/C39H47N9O4/c1-24-14-34(50)48(29-7-5-6-28(18-29)41-33(49)23-45(2)3)36-30(24)22-40-38(44-36)42-31-8-9-32(43-37(31)52-4)46-10-12-47(13-11-46)35(51)21-39-19-25-15-26(20-39)17-27(39)16-25/h5-9,14,18,22,25-27H,10-13,15-17,19-21,23H2,1-4H3,(H,41,49)(H,40,42,44). The number of likely N-dealkylation sites (N-methyl/N-ethyl adjacent to an activating group) is 1. The molecule has 1 aliphatic heterocycles. The van der Waals surface area contributed by atoms with Gasteiger partial charge in [0.25, 0.3) is 5.56 Å². The largest absolute Gasteiger partial charge is 0.479 e. The number of benzene rings is 1. The molecule has 13 heteroatoms. The predicted octanol–water partition coefficient (Wildman–Crippen LogP) is 4.60. The van der Waals surface area contributed by atoms with Crippen molar-refractivity contribution in [2.45, 2.75) is 45.4 Å². The lowest BCUT2D eigenvalue weighted by Gasteiger charge is -2.38. The van der Waals surface area contributed by atoms with Gasteiger partial charge in [-0.15, -0.1) is 0 Å². The number of nitrogens with one attached hydrogen (secondary N) is 2. The maximum absolute atomic E-state index is 13.5. The van der Waals surface area contributed by atoms with Crippen LogP contribution in [-0.2, 0) is 9.59 Å². The highest BCUT2D eigenvalue weighted by molar-refractivity contribution is 5.92. The molecule has 5 aliphatic rings. The van der Waals surface area contributed by atoms with E-state index in [1.165, 1.54) is 36.7 Å². The van der Waals surface area contributed by atoms with Crippen molar-refractivity contribution < 1.29 is 14.3 Å². The van der Waals surface area contributed by atoms with Crippen LogP contribution in [0.1, 0.15) is 44.1 Å². The zero-order valence-corrected chi connectivity index (χ0v) is 30.4. The molecule has 4 heterocycles. The monoisotopic (exact) mass is 705 g/mol. The third kappa shape index (κ3) is 6.46. The molecule has 2 unspecified atom stereocenters. The molecule has 0 spiro atoms. The van der Waals surface area contributed by atoms with Gasteiger partial charge in [0.2, 0.25) is 23.6 Å². The summed E-state index contributed by atoms with van der Waals surface area (Å²) in [6, 6.07) is 12.5. The fourth-order valence-electron chi connectivity index (χ4n) is 9.60. The normalized spacial score (nSPS) is 23.4. The van der Waals surface area contributed by atoms with E-state index in [4.69, 9.17) is 14.7 Å². The van der Waals surface area contributed by atoms with Gasteiger partial charge in [-0.05, 0) is 112 Å². The molecule has 2 N–H and O–H groups in total. The molecular weight excluding hydrogens is 658 g/mol. The Labute approximate surface area is 303 Å². The molecular formula is C39H47N9O4. The number of nitrogens with zero attached hydrogens (tertiary/aromatic N) is 7. The zero-order chi connectivity index (χ0) is 36.1. The van der Waals surface area contributed by atoms with Crippen LogP contribution in [0.5, 0.6) is 5.88 Å². The second-order valence-electron chi connectivity index (χ2n) is 15.6. The van der Waals surface area contributed by atoms with Crippen LogP contribution in [0.3, 0.4) is 0 Å². The molecule has 4 aliphatic carbocycles. The molecule has 9 rings (SSSR count). The van der Waals surface area contributed by atoms with Gasteiger partial charge in [-0.1, -0.05) is 6.07 Å². The average Bonchev–Trinajstić information content (AvgIpc) is 3.49. The lowest BCUT2D eigenvalue weighted by molar-refractivity contribution is -0.134. The number of hydrogen-bond donors (Lipinski definition) is 2. The second kappa shape index (κ2) is 13.5. The molecule has 3 aromatic heterocycles. The maximum atomic E-state index is 13.5. The summed E-state index contributed by atoms with van der Waals surface area (Å²) in [5.74, 6) is 4.09. The minimum Gasteiger partial charge on any atom is -0.479 e. The molecule has 5 fully saturated rings. The Morgan fingerprint density at radius 3 is 2.50 bits per heavy atom. The van der Waals surface area contributed by atoms with Crippen LogP contribution in [0, 0.1) is 30.1 Å². The van der Waals surface area contributed by atoms with Crippen LogP contribution in [0.4, 0.5) is 23.1 Å². The molecule has 2 amide bonds. The van der Waals surface area contributed by atoms with Gasteiger partial charge in [0.05, 0.1) is 19.3 Å². The number of amides is 2. The SMILES string of the molecule is COc1nc(N2CCN(C(=O)CC34CC5CC(CC3C5)C4)CC2)ccc1Nc1ncc2c(C)cc(=O)n(-c3cccc(NC(=O)CN(C)C)c3)c2n1. The number of rotatable bonds is 10. The Balaban J connectivity index is 0.974. The number of pyridine rings is 2. The summed E-state index contributed by atoms with van der Waals surface area (Å²) in [4.78, 5) is 59.5. The third-order valence-electron chi connectivity index (χ3n) is 11.7. The summed E-state index contributed by atoms with van der Waals surface area (Å²) in [7, 11) is 5.23. The summed E-state index contributed by atoms with van der Waals surface area (Å²) < 4.78 is 7.22. The number of hydrogen-bond acceptors (Lipinski definition) is 10. The summed E-state index contributed by atoms with van der Waals surface area (Å²) in [6.07, 6.45) is 9.03. The first-order valence-electron chi connectivity index (χ1n) is 18.4. The number of aryl methyl sites for hydroxylation is 1. The lowest BCUT2D eigenvalue weighted by atomic mass is 9.73. The lowest BCUT2D eigenvalue weighted by Crippen LogP contribution is -2.50. The molecule has 2 atom stereocenters. The molecule has 1 aromatic carbocycles. The van der Waals surface area contributed by atoms with Gasteiger partial charge in [-0.3, -0.25) is 19.0 Å². The minimum atomic E-state index is -0.255. The van der Waals surface area contributed by atoms with Crippen LogP contribution in [0.15, 0.2) is 53.5 Å². The Morgan fingerprint density at radius 2 is 1.77 bits per heavy atom. The highest BCUT2D eigenvalue weighted by Gasteiger charge is 2.58. The van der Waals surface area contributed by atoms with Crippen LogP contribution in [0.2, 0.25) is 0 Å². The van der Waals surface area contributed by atoms with Gasteiger partial charge in [0.1, 0.15) is 11.5 Å². The molecule has 1 saturated heterocycles. The topological polar surface area (TPSA) is 138 Å². The number of ether oxygens (including phenoxy) is 1. The fraction of sp³-hybridized carbons (Fsp3) is 0.487. The highest BCUT2D eigenvalue weighted by atomic mass is 16.5. The first kappa shape index (κ1) is 34.1. The highest BCUT2D eigenvalue weighted by Crippen LogP contribution is 2.66. The number of aromatic nitrogens is 4. The van der Waals surface area contributed by atoms with Crippen LogP contribution >= 0.6 is 0 Å². The molecule has 4 bridgehead atoms. The van der Waals surface area contributed by atoms with Crippen LogP contribution in [-0.4, -0.2) is 95.1 Å². The zero-order valence-electron chi connectivity index (χ0n) is 30.4. The van der Waals surface area contributed by atoms with Crippen LogP contribution < -0.4 is 25.8 Å². The van der Waals surface area contributed by atoms with E-state index in [9.17, 15) is 14.4 Å². The first-order chi connectivity index (χ1) is 25.1. The number of carbonyl (C=O) groups excluding carboxylic acids is 2. The number of fused-ring (bicyclic) bond motifs is 1. The molecule has 4 saturated carbocycles. The number of methoxy groups -OCH3 is 1. The van der Waals surface area contributed by atoms with Gasteiger partial charge in [-0.2, -0.15) is 9.97 Å². The molecule has 52 heavy (non-hydrogen) atoms. The van der Waals surface area contributed by atoms with E-state index in [1.807, 2.05) is 33.2 Å². The van der Waals surface area contributed by atoms with E-state index < -0.39 is 0 Å². The van der Waals surface area contributed by atoms with Crippen molar-refractivity contribution >= 4 is 46.0 Å². The summed E-state index contributed by atoms with van der Waals surface area (Å²) >= 11 is 0. The molecule has 0 radical (unpaired) electrons. The van der Waals surface area contributed by atoms with E-state index in [1.54, 1.807) is 48.5 Å². The minimum absolute atomic E-state index is 0.157. The van der Waals surface area contributed by atoms with Crippen molar-refractivity contribution in [2.24, 2.45) is 23.2 Å². The summed E-state index contributed by atoms with van der Waals surface area (Å²) in [5, 5.41) is 6.85. The maximum Gasteiger partial charge on any atom is 0.257 e. The number of anilines is 4. The van der Waals surface area contributed by atoms with Crippen molar-refractivity contribution in [3.05, 3.63) is 64.6 Å². The Kier molecular flexibility index (Phi) is 8.84. The van der Waals surface area contributed by atoms with Crippen molar-refractivity contribution in [3.63, 3.8) is 0 Å². The van der Waals surface area contributed by atoms with Crippen molar-refractivity contribution in [1.82, 2.24) is 29.3 Å². The third-order valence-corrected chi connectivity index (χ3v) is 11.7. The Morgan fingerprint density at radius 1 is 1.00 bits per heavy atom. The van der Waals surface area contributed by atoms with Gasteiger partial charge in [0.15, 0.2) is 5.65 Å². The number of piperazine rings is 1. The van der Waals surface area contributed by atoms with Gasteiger partial charge in [0, 0.05) is 55.9 Å². The Hall–Kier alpha value is -5.04. The first-order valence-corrected chi connectivity index (χ1v) is 18.4. The van der Waals surface area contributed by atoms with Crippen molar-refractivity contribution in [1.29, 1.82) is 0 Å². The van der Waals surface area contributed by atoms with E-state index in [0.717, 1.165) is 35.6 Å². The quantitative estimate of drug-likeness (QED) is 0.241. The summed E-state index contributed by atoms with van der Waals surface area (Å²) in [5.41, 5.74) is 2.90. The van der Waals surface area contributed by atoms with Crippen molar-refractivity contribution in [2.75, 3.05) is 69.5 Å². The predicted molar refractivity (Wildman–Crippen MR) is 201 cm³/mol. The fourth-order valence-corrected chi connectivity index (χ4v) is 9.60. The van der Waals surface area contributed by atoms with Crippen LogP contribution in [0.25, 0.3) is 16.7 Å². The van der Waals surface area contributed by atoms with E-state index in [0.29, 0.717) is 66.1 Å². The Bertz CT molecular complexity index is 2080. The van der Waals surface area contributed by atoms with E-state index >= 15 is 0 Å². The van der Waals surface area contributed by atoms with Gasteiger partial charge < -0.3 is 30.1 Å². The second-order valence-corrected chi connectivity index (χ2v) is 15.6. The molecule has 272 valence electrons. The van der Waals surface area contributed by atoms with Gasteiger partial charge in [-0.25, -0.2) is 4.98 Å². The molecule has 13 nitrogen and oxygen atoms in total. The molecule has 4 aromatic rings. The van der Waals surface area contributed by atoms with E-state index in [-0.39, 0.29) is 29.4 Å².